The van der Waals surface area contributed by atoms with Crippen molar-refractivity contribution in [3.05, 3.63) is 114 Å². The summed E-state index contributed by atoms with van der Waals surface area (Å²) in [5, 5.41) is 6.24. The third kappa shape index (κ3) is 6.29. The van der Waals surface area contributed by atoms with Crippen LogP contribution < -0.4 is 15.4 Å². The Kier molecular flexibility index (Phi) is 7.52. The first kappa shape index (κ1) is 22.7. The van der Waals surface area contributed by atoms with Crippen molar-refractivity contribution in [1.29, 1.82) is 0 Å². The number of hydrogen-bond donors (Lipinski definition) is 3. The summed E-state index contributed by atoms with van der Waals surface area (Å²) in [4.78, 5) is 12.9. The van der Waals surface area contributed by atoms with Gasteiger partial charge in [0.2, 0.25) is 0 Å². The van der Waals surface area contributed by atoms with Gasteiger partial charge in [-0.05, 0) is 59.7 Å². The number of benzene rings is 4. The molecule has 1 unspecified atom stereocenters. The van der Waals surface area contributed by atoms with E-state index in [0.717, 1.165) is 16.7 Å². The van der Waals surface area contributed by atoms with Crippen molar-refractivity contribution in [2.24, 2.45) is 0 Å². The molecular weight excluding hydrogens is 454 g/mol. The molecule has 0 spiro atoms. The molecule has 0 radical (unpaired) electrons. The second-order valence-corrected chi connectivity index (χ2v) is 8.86. The quantitative estimate of drug-likeness (QED) is 0.268. The van der Waals surface area contributed by atoms with Crippen LogP contribution in [0.4, 0.5) is 16.2 Å². The van der Waals surface area contributed by atoms with E-state index in [-0.39, 0.29) is 6.03 Å². The van der Waals surface area contributed by atoms with Crippen molar-refractivity contribution in [3.8, 4) is 11.1 Å². The largest absolute Gasteiger partial charge is 0.588 e. The molecule has 4 aromatic carbocycles. The lowest BCUT2D eigenvalue weighted by atomic mass is 10.1. The van der Waals surface area contributed by atoms with Crippen LogP contribution in [0.1, 0.15) is 5.56 Å². The average molecular weight is 476 g/mol. The van der Waals surface area contributed by atoms with Crippen molar-refractivity contribution >= 4 is 40.4 Å². The molecular formula is C26H22ClN3O2S. The number of rotatable bonds is 7. The zero-order valence-electron chi connectivity index (χ0n) is 17.6. The predicted octanol–water partition coefficient (Wildman–Crippen LogP) is 6.46. The van der Waals surface area contributed by atoms with Gasteiger partial charge in [-0.3, -0.25) is 0 Å². The Morgan fingerprint density at radius 3 is 2.15 bits per heavy atom. The van der Waals surface area contributed by atoms with Gasteiger partial charge in [0.25, 0.3) is 0 Å². The number of urea groups is 1. The van der Waals surface area contributed by atoms with Crippen LogP contribution in [0.3, 0.4) is 0 Å². The lowest BCUT2D eigenvalue weighted by Crippen LogP contribution is -2.28. The van der Waals surface area contributed by atoms with E-state index >= 15 is 0 Å². The van der Waals surface area contributed by atoms with Crippen LogP contribution in [0.2, 0.25) is 5.02 Å². The fourth-order valence-corrected chi connectivity index (χ4v) is 4.40. The van der Waals surface area contributed by atoms with Gasteiger partial charge in [-0.25, -0.2) is 9.52 Å². The summed E-state index contributed by atoms with van der Waals surface area (Å²) in [6.07, 6.45) is 0. The lowest BCUT2D eigenvalue weighted by molar-refractivity contribution is 0.251. The van der Waals surface area contributed by atoms with Gasteiger partial charge >= 0.3 is 6.03 Å². The first-order chi connectivity index (χ1) is 16.1. The molecule has 1 atom stereocenters. The highest BCUT2D eigenvalue weighted by atomic mass is 35.5. The molecule has 0 aliphatic heterocycles. The minimum atomic E-state index is -1.45. The number of carbonyl (C=O) groups is 1. The van der Waals surface area contributed by atoms with Gasteiger partial charge in [0, 0.05) is 22.8 Å². The molecule has 4 aromatic rings. The molecule has 166 valence electrons. The Labute approximate surface area is 201 Å². The third-order valence-electron chi connectivity index (χ3n) is 4.89. The van der Waals surface area contributed by atoms with Crippen molar-refractivity contribution < 1.29 is 9.35 Å². The molecule has 0 saturated carbocycles. The Bertz CT molecular complexity index is 1200. The van der Waals surface area contributed by atoms with E-state index in [4.69, 9.17) is 11.6 Å². The van der Waals surface area contributed by atoms with E-state index in [0.29, 0.717) is 27.8 Å². The minimum absolute atomic E-state index is 0.314. The van der Waals surface area contributed by atoms with Gasteiger partial charge in [-0.2, -0.15) is 0 Å². The standard InChI is InChI=1S/C26H22ClN3O2S/c27-21-12-10-19(11-13-21)18-28-26(31)29-22-14-16-23(17-15-22)30-33(32)25-9-5-4-8-24(25)20-6-2-1-3-7-20/h1-17,30H,18H2,(H2,28,29,31). The summed E-state index contributed by atoms with van der Waals surface area (Å²) in [5.41, 5.74) is 4.19. The van der Waals surface area contributed by atoms with Gasteiger partial charge in [0.1, 0.15) is 11.4 Å². The highest BCUT2D eigenvalue weighted by Gasteiger charge is 2.17. The first-order valence-corrected chi connectivity index (χ1v) is 11.8. The smallest absolute Gasteiger partial charge is 0.319 e. The molecule has 0 aromatic heterocycles. The molecule has 0 aliphatic rings. The van der Waals surface area contributed by atoms with Gasteiger partial charge in [0.05, 0.1) is 5.69 Å². The van der Waals surface area contributed by atoms with E-state index in [1.54, 1.807) is 36.4 Å². The summed E-state index contributed by atoms with van der Waals surface area (Å²) in [6, 6.07) is 31.5. The maximum absolute atomic E-state index is 13.0. The summed E-state index contributed by atoms with van der Waals surface area (Å²) in [7, 11) is 0. The number of anilines is 2. The summed E-state index contributed by atoms with van der Waals surface area (Å²) >= 11 is 4.42. The van der Waals surface area contributed by atoms with E-state index in [1.165, 1.54) is 0 Å². The van der Waals surface area contributed by atoms with Crippen molar-refractivity contribution in [3.63, 3.8) is 0 Å². The van der Waals surface area contributed by atoms with Crippen molar-refractivity contribution in [1.82, 2.24) is 5.32 Å². The second-order valence-electron chi connectivity index (χ2n) is 7.24. The van der Waals surface area contributed by atoms with Crippen LogP contribution >= 0.6 is 11.6 Å². The van der Waals surface area contributed by atoms with Gasteiger partial charge in [-0.1, -0.05) is 66.2 Å². The molecule has 4 rings (SSSR count). The molecule has 5 nitrogen and oxygen atoms in total. The fourth-order valence-electron chi connectivity index (χ4n) is 3.23. The number of amides is 2. The number of halogens is 1. The summed E-state index contributed by atoms with van der Waals surface area (Å²) in [6.45, 7) is 0.391. The molecule has 2 amide bonds. The number of nitrogens with one attached hydrogen (secondary N) is 3. The molecule has 33 heavy (non-hydrogen) atoms. The van der Waals surface area contributed by atoms with E-state index < -0.39 is 11.4 Å². The predicted molar refractivity (Wildman–Crippen MR) is 136 cm³/mol. The molecule has 0 saturated heterocycles. The van der Waals surface area contributed by atoms with E-state index in [9.17, 15) is 9.35 Å². The van der Waals surface area contributed by atoms with E-state index in [2.05, 4.69) is 15.4 Å². The maximum atomic E-state index is 13.0. The van der Waals surface area contributed by atoms with Crippen LogP contribution in [-0.2, 0) is 17.9 Å². The summed E-state index contributed by atoms with van der Waals surface area (Å²) < 4.78 is 16.1. The first-order valence-electron chi connectivity index (χ1n) is 10.3. The second kappa shape index (κ2) is 10.9. The van der Waals surface area contributed by atoms with Crippen LogP contribution in [-0.4, -0.2) is 10.6 Å². The third-order valence-corrected chi connectivity index (χ3v) is 6.32. The van der Waals surface area contributed by atoms with Crippen molar-refractivity contribution in [2.45, 2.75) is 11.4 Å². The van der Waals surface area contributed by atoms with Gasteiger partial charge in [0.15, 0.2) is 4.90 Å². The Hall–Kier alpha value is -3.45. The molecule has 0 bridgehead atoms. The van der Waals surface area contributed by atoms with Crippen LogP contribution in [0.25, 0.3) is 11.1 Å². The molecule has 0 fully saturated rings. The topological polar surface area (TPSA) is 76.2 Å². The van der Waals surface area contributed by atoms with Crippen molar-refractivity contribution in [2.75, 3.05) is 10.0 Å². The van der Waals surface area contributed by atoms with Crippen LogP contribution in [0, 0.1) is 0 Å². The Balaban J connectivity index is 1.35. The highest BCUT2D eigenvalue weighted by molar-refractivity contribution is 7.92. The number of hydrogen-bond acceptors (Lipinski definition) is 3. The monoisotopic (exact) mass is 475 g/mol. The van der Waals surface area contributed by atoms with Crippen LogP contribution in [0.5, 0.6) is 0 Å². The normalized spacial score (nSPS) is 11.5. The summed E-state index contributed by atoms with van der Waals surface area (Å²) in [5.74, 6) is 0. The molecule has 7 heteroatoms. The Morgan fingerprint density at radius 1 is 0.788 bits per heavy atom. The maximum Gasteiger partial charge on any atom is 0.319 e. The average Bonchev–Trinajstić information content (AvgIpc) is 2.85. The van der Waals surface area contributed by atoms with Gasteiger partial charge in [-0.15, -0.1) is 0 Å². The molecule has 3 N–H and O–H groups in total. The fraction of sp³-hybridized carbons (Fsp3) is 0.0385. The van der Waals surface area contributed by atoms with Gasteiger partial charge < -0.3 is 15.2 Å². The SMILES string of the molecule is O=C(NCc1ccc(Cl)cc1)Nc1ccc(N[S+]([O-])c2ccccc2-c2ccccc2)cc1. The lowest BCUT2D eigenvalue weighted by Gasteiger charge is -2.15. The Morgan fingerprint density at radius 2 is 1.42 bits per heavy atom. The van der Waals surface area contributed by atoms with E-state index in [1.807, 2.05) is 66.7 Å². The minimum Gasteiger partial charge on any atom is -0.588 e. The highest BCUT2D eigenvalue weighted by Crippen LogP contribution is 2.28. The number of carbonyl (C=O) groups excluding carboxylic acids is 1. The zero-order chi connectivity index (χ0) is 23.0. The molecule has 0 aliphatic carbocycles. The molecule has 0 heterocycles. The zero-order valence-corrected chi connectivity index (χ0v) is 19.2. The van der Waals surface area contributed by atoms with Crippen LogP contribution in [0.15, 0.2) is 108 Å².